The summed E-state index contributed by atoms with van der Waals surface area (Å²) in [5, 5.41) is 15.6. The summed E-state index contributed by atoms with van der Waals surface area (Å²) in [7, 11) is 2.03. The molecule has 2 aromatic heterocycles. The number of aromatic nitrogens is 4. The molecule has 8 heteroatoms. The Morgan fingerprint density at radius 3 is 2.44 bits per heavy atom. The van der Waals surface area contributed by atoms with E-state index >= 15 is 0 Å². The molecule has 2 heterocycles. The topological polar surface area (TPSA) is 97.5 Å². The van der Waals surface area contributed by atoms with Gasteiger partial charge in [-0.05, 0) is 55.5 Å². The van der Waals surface area contributed by atoms with Crippen molar-refractivity contribution in [2.45, 2.75) is 13.5 Å². The smallest absolute Gasteiger partial charge is 0.128 e. The number of benzene rings is 3. The first-order valence-corrected chi connectivity index (χ1v) is 10.8. The van der Waals surface area contributed by atoms with Crippen LogP contribution in [0.25, 0.3) is 28.0 Å². The number of aryl methyl sites for hydroxylation is 2. The van der Waals surface area contributed by atoms with Crippen LogP contribution in [-0.2, 0) is 13.6 Å². The molecule has 3 aromatic carbocycles. The summed E-state index contributed by atoms with van der Waals surface area (Å²) in [6.07, 6.45) is 0. The number of amidine groups is 1. The Morgan fingerprint density at radius 1 is 1.00 bits per heavy atom. The van der Waals surface area contributed by atoms with Gasteiger partial charge in [-0.1, -0.05) is 30.3 Å². The molecular weight excluding hydrogens is 446 g/mol. The van der Waals surface area contributed by atoms with Crippen molar-refractivity contribution >= 4 is 35.0 Å². The zero-order valence-electron chi connectivity index (χ0n) is 19.0. The van der Waals surface area contributed by atoms with Gasteiger partial charge in [0.2, 0.25) is 0 Å². The standard InChI is InChI=1S/C26H25N7.ClH/c1-17-14-24(18-6-4-3-5-7-18)33(31-17)21-12-13-23-22(15-21)30-25(32(23)2)16-29-20-10-8-19(9-11-20)26(27)28;/h3-15,29H,16H2,1-2H3,(H3,27,28);1H. The van der Waals surface area contributed by atoms with E-state index in [4.69, 9.17) is 21.2 Å². The summed E-state index contributed by atoms with van der Waals surface area (Å²) in [5.41, 5.74) is 13.3. The average molecular weight is 472 g/mol. The summed E-state index contributed by atoms with van der Waals surface area (Å²) in [4.78, 5) is 4.87. The molecule has 0 spiro atoms. The fourth-order valence-electron chi connectivity index (χ4n) is 3.99. The van der Waals surface area contributed by atoms with Gasteiger partial charge in [-0.3, -0.25) is 5.41 Å². The van der Waals surface area contributed by atoms with Crippen LogP contribution in [0.15, 0.2) is 78.9 Å². The third kappa shape index (κ3) is 4.38. The van der Waals surface area contributed by atoms with Crippen LogP contribution in [0.5, 0.6) is 0 Å². The lowest BCUT2D eigenvalue weighted by atomic mass is 10.1. The lowest BCUT2D eigenvalue weighted by molar-refractivity contribution is 0.834. The zero-order valence-corrected chi connectivity index (χ0v) is 19.8. The molecule has 0 aliphatic carbocycles. The number of hydrogen-bond donors (Lipinski definition) is 3. The number of nitrogens with one attached hydrogen (secondary N) is 2. The van der Waals surface area contributed by atoms with E-state index in [1.807, 2.05) is 61.1 Å². The van der Waals surface area contributed by atoms with Gasteiger partial charge >= 0.3 is 0 Å². The molecule has 0 radical (unpaired) electrons. The molecule has 4 N–H and O–H groups in total. The van der Waals surface area contributed by atoms with Crippen LogP contribution in [0.1, 0.15) is 17.1 Å². The highest BCUT2D eigenvalue weighted by Gasteiger charge is 2.13. The van der Waals surface area contributed by atoms with E-state index in [0.717, 1.165) is 45.2 Å². The summed E-state index contributed by atoms with van der Waals surface area (Å²) in [6.45, 7) is 2.59. The van der Waals surface area contributed by atoms with Crippen molar-refractivity contribution in [3.05, 3.63) is 95.9 Å². The molecule has 0 aliphatic heterocycles. The highest BCUT2D eigenvalue weighted by atomic mass is 35.5. The van der Waals surface area contributed by atoms with Crippen molar-refractivity contribution in [2.75, 3.05) is 5.32 Å². The molecule has 0 aliphatic rings. The number of nitrogen functional groups attached to an aromatic ring is 1. The van der Waals surface area contributed by atoms with Crippen LogP contribution in [0, 0.1) is 12.3 Å². The Morgan fingerprint density at radius 2 is 1.74 bits per heavy atom. The summed E-state index contributed by atoms with van der Waals surface area (Å²) in [6, 6.07) is 26.2. The Bertz CT molecular complexity index is 1450. The molecule has 0 bridgehead atoms. The normalized spacial score (nSPS) is 10.8. The number of anilines is 1. The minimum absolute atomic E-state index is 0. The maximum atomic E-state index is 7.51. The van der Waals surface area contributed by atoms with E-state index < -0.39 is 0 Å². The summed E-state index contributed by atoms with van der Waals surface area (Å²) >= 11 is 0. The third-order valence-corrected chi connectivity index (χ3v) is 5.75. The van der Waals surface area contributed by atoms with Crippen LogP contribution < -0.4 is 11.1 Å². The minimum Gasteiger partial charge on any atom is -0.384 e. The Labute approximate surface area is 204 Å². The molecular formula is C26H26ClN7. The molecule has 34 heavy (non-hydrogen) atoms. The number of halogens is 1. The summed E-state index contributed by atoms with van der Waals surface area (Å²) < 4.78 is 4.08. The largest absolute Gasteiger partial charge is 0.384 e. The first kappa shape index (κ1) is 23.1. The van der Waals surface area contributed by atoms with E-state index in [-0.39, 0.29) is 18.2 Å². The predicted molar refractivity (Wildman–Crippen MR) is 140 cm³/mol. The fraction of sp³-hybridized carbons (Fsp3) is 0.115. The molecule has 0 atom stereocenters. The fourth-order valence-corrected chi connectivity index (χ4v) is 3.99. The second kappa shape index (κ2) is 9.41. The maximum absolute atomic E-state index is 7.51. The molecule has 0 fully saturated rings. The number of hydrogen-bond acceptors (Lipinski definition) is 4. The van der Waals surface area contributed by atoms with Crippen molar-refractivity contribution in [1.29, 1.82) is 5.41 Å². The van der Waals surface area contributed by atoms with E-state index in [0.29, 0.717) is 12.1 Å². The molecule has 172 valence electrons. The van der Waals surface area contributed by atoms with Crippen LogP contribution in [0.4, 0.5) is 5.69 Å². The predicted octanol–water partition coefficient (Wildman–Crippen LogP) is 5.05. The Balaban J connectivity index is 0.00000274. The monoisotopic (exact) mass is 471 g/mol. The number of nitrogens with zero attached hydrogens (tertiary/aromatic N) is 4. The highest BCUT2D eigenvalue weighted by molar-refractivity contribution is 5.95. The van der Waals surface area contributed by atoms with Gasteiger partial charge in [0.15, 0.2) is 0 Å². The SMILES string of the molecule is Cc1cc(-c2ccccc2)n(-c2ccc3c(c2)nc(CNc2ccc(C(=N)N)cc2)n3C)n1.Cl. The van der Waals surface area contributed by atoms with E-state index in [2.05, 4.69) is 46.3 Å². The van der Waals surface area contributed by atoms with Crippen LogP contribution >= 0.6 is 12.4 Å². The lowest BCUT2D eigenvalue weighted by Gasteiger charge is -2.08. The molecule has 7 nitrogen and oxygen atoms in total. The molecule has 5 aromatic rings. The first-order valence-electron chi connectivity index (χ1n) is 10.8. The van der Waals surface area contributed by atoms with Crippen molar-refractivity contribution < 1.29 is 0 Å². The molecule has 0 unspecified atom stereocenters. The average Bonchev–Trinajstić information content (AvgIpc) is 3.38. The van der Waals surface area contributed by atoms with Gasteiger partial charge in [0.25, 0.3) is 0 Å². The van der Waals surface area contributed by atoms with Gasteiger partial charge in [-0.15, -0.1) is 12.4 Å². The maximum Gasteiger partial charge on any atom is 0.128 e. The van der Waals surface area contributed by atoms with Crippen molar-refractivity contribution in [1.82, 2.24) is 19.3 Å². The molecule has 0 amide bonds. The minimum atomic E-state index is 0. The molecule has 5 rings (SSSR count). The van der Waals surface area contributed by atoms with Crippen molar-refractivity contribution in [3.8, 4) is 16.9 Å². The lowest BCUT2D eigenvalue weighted by Crippen LogP contribution is -2.11. The molecule has 0 saturated heterocycles. The van der Waals surface area contributed by atoms with Crippen LogP contribution in [0.3, 0.4) is 0 Å². The van der Waals surface area contributed by atoms with Gasteiger partial charge in [-0.25, -0.2) is 9.67 Å². The Kier molecular flexibility index (Phi) is 6.38. The zero-order chi connectivity index (χ0) is 22.9. The van der Waals surface area contributed by atoms with Gasteiger partial charge in [-0.2, -0.15) is 5.10 Å². The summed E-state index contributed by atoms with van der Waals surface area (Å²) in [5.74, 6) is 0.994. The Hall–Kier alpha value is -4.10. The van der Waals surface area contributed by atoms with Crippen molar-refractivity contribution in [2.24, 2.45) is 12.8 Å². The second-order valence-corrected chi connectivity index (χ2v) is 8.05. The number of fused-ring (bicyclic) bond motifs is 1. The van der Waals surface area contributed by atoms with Gasteiger partial charge in [0.05, 0.1) is 34.7 Å². The third-order valence-electron chi connectivity index (χ3n) is 5.75. The van der Waals surface area contributed by atoms with Gasteiger partial charge in [0, 0.05) is 23.9 Å². The van der Waals surface area contributed by atoms with E-state index in [1.165, 1.54) is 0 Å². The van der Waals surface area contributed by atoms with Crippen LogP contribution in [0.2, 0.25) is 0 Å². The second-order valence-electron chi connectivity index (χ2n) is 8.05. The van der Waals surface area contributed by atoms with Gasteiger partial charge in [0.1, 0.15) is 11.7 Å². The number of imidazole rings is 1. The van der Waals surface area contributed by atoms with Gasteiger partial charge < -0.3 is 15.6 Å². The van der Waals surface area contributed by atoms with Crippen LogP contribution in [-0.4, -0.2) is 25.2 Å². The van der Waals surface area contributed by atoms with E-state index in [9.17, 15) is 0 Å². The first-order chi connectivity index (χ1) is 16.0. The van der Waals surface area contributed by atoms with Crippen molar-refractivity contribution in [3.63, 3.8) is 0 Å². The van der Waals surface area contributed by atoms with E-state index in [1.54, 1.807) is 0 Å². The highest BCUT2D eigenvalue weighted by Crippen LogP contribution is 2.26. The quantitative estimate of drug-likeness (QED) is 0.238. The number of nitrogens with two attached hydrogens (primary N) is 1. The number of rotatable bonds is 6. The molecule has 0 saturated carbocycles.